The lowest BCUT2D eigenvalue weighted by molar-refractivity contribution is 0.471. The number of hydrogen-bond acceptors (Lipinski definition) is 5. The summed E-state index contributed by atoms with van der Waals surface area (Å²) in [7, 11) is 0. The van der Waals surface area contributed by atoms with Gasteiger partial charge in [0, 0.05) is 11.6 Å². The number of phenols is 1. The van der Waals surface area contributed by atoms with Gasteiger partial charge in [0.25, 0.3) is 5.56 Å². The standard InChI is InChI=1S/C19H18N4O2/c1-12-10-15(8-9-17(12)24)13(2)22-23-19-20-16(11-18(25)21-19)14-6-4-3-5-7-14/h3-11,24H,1-2H3,(H2,20,21,23,25). The van der Waals surface area contributed by atoms with Crippen LogP contribution in [-0.4, -0.2) is 20.8 Å². The second-order valence-electron chi connectivity index (χ2n) is 5.66. The second-order valence-corrected chi connectivity index (χ2v) is 5.66. The Morgan fingerprint density at radius 1 is 1.16 bits per heavy atom. The summed E-state index contributed by atoms with van der Waals surface area (Å²) in [6.07, 6.45) is 0. The fourth-order valence-electron chi connectivity index (χ4n) is 2.35. The van der Waals surface area contributed by atoms with E-state index in [-0.39, 0.29) is 17.3 Å². The summed E-state index contributed by atoms with van der Waals surface area (Å²) < 4.78 is 0. The predicted molar refractivity (Wildman–Crippen MR) is 99.0 cm³/mol. The molecule has 3 N–H and O–H groups in total. The van der Waals surface area contributed by atoms with Crippen LogP contribution in [0.15, 0.2) is 64.5 Å². The molecule has 3 rings (SSSR count). The van der Waals surface area contributed by atoms with Gasteiger partial charge in [-0.1, -0.05) is 30.3 Å². The van der Waals surface area contributed by atoms with E-state index in [0.717, 1.165) is 16.7 Å². The van der Waals surface area contributed by atoms with Gasteiger partial charge in [0.2, 0.25) is 5.95 Å². The second kappa shape index (κ2) is 7.00. The average Bonchev–Trinajstić information content (AvgIpc) is 2.62. The monoisotopic (exact) mass is 334 g/mol. The summed E-state index contributed by atoms with van der Waals surface area (Å²) in [5.74, 6) is 0.507. The van der Waals surface area contributed by atoms with E-state index in [1.54, 1.807) is 12.1 Å². The molecule has 1 heterocycles. The summed E-state index contributed by atoms with van der Waals surface area (Å²) in [6, 6.07) is 16.1. The van der Waals surface area contributed by atoms with E-state index in [0.29, 0.717) is 11.4 Å². The molecule has 1 aromatic heterocycles. The smallest absolute Gasteiger partial charge is 0.252 e. The molecule has 0 amide bonds. The number of hydrazone groups is 1. The van der Waals surface area contributed by atoms with Crippen LogP contribution in [0.5, 0.6) is 5.75 Å². The highest BCUT2D eigenvalue weighted by molar-refractivity contribution is 5.99. The molecule has 0 atom stereocenters. The summed E-state index contributed by atoms with van der Waals surface area (Å²) in [5.41, 5.74) is 6.29. The van der Waals surface area contributed by atoms with E-state index in [2.05, 4.69) is 20.5 Å². The Balaban J connectivity index is 1.86. The van der Waals surface area contributed by atoms with Crippen LogP contribution in [-0.2, 0) is 0 Å². The highest BCUT2D eigenvalue weighted by atomic mass is 16.3. The number of H-pyrrole nitrogens is 1. The maximum Gasteiger partial charge on any atom is 0.252 e. The minimum atomic E-state index is -0.260. The molecule has 0 aliphatic rings. The Bertz CT molecular complexity index is 978. The SMILES string of the molecule is CC(=NNc1nc(-c2ccccc2)cc(=O)[nH]1)c1ccc(O)c(C)c1. The first kappa shape index (κ1) is 16.4. The van der Waals surface area contributed by atoms with Crippen LogP contribution in [0.3, 0.4) is 0 Å². The Morgan fingerprint density at radius 2 is 1.92 bits per heavy atom. The van der Waals surface area contributed by atoms with Gasteiger partial charge in [0.15, 0.2) is 0 Å². The molecule has 0 saturated heterocycles. The lowest BCUT2D eigenvalue weighted by Gasteiger charge is -2.06. The largest absolute Gasteiger partial charge is 0.508 e. The number of nitrogens with zero attached hydrogens (tertiary/aromatic N) is 2. The number of phenolic OH excluding ortho intramolecular Hbond substituents is 1. The zero-order chi connectivity index (χ0) is 17.8. The molecule has 2 aromatic carbocycles. The van der Waals surface area contributed by atoms with E-state index in [9.17, 15) is 9.90 Å². The summed E-state index contributed by atoms with van der Waals surface area (Å²) in [6.45, 7) is 3.65. The quantitative estimate of drug-likeness (QED) is 0.504. The number of rotatable bonds is 4. The van der Waals surface area contributed by atoms with Gasteiger partial charge in [0.05, 0.1) is 11.4 Å². The zero-order valence-corrected chi connectivity index (χ0v) is 13.9. The van der Waals surface area contributed by atoms with Crippen molar-refractivity contribution < 1.29 is 5.11 Å². The molecule has 0 saturated carbocycles. The molecule has 0 aliphatic carbocycles. The molecule has 126 valence electrons. The molecule has 0 radical (unpaired) electrons. The van der Waals surface area contributed by atoms with Crippen LogP contribution in [0.2, 0.25) is 0 Å². The third-order valence-electron chi connectivity index (χ3n) is 3.76. The van der Waals surface area contributed by atoms with E-state index >= 15 is 0 Å². The Morgan fingerprint density at radius 3 is 2.64 bits per heavy atom. The number of hydrogen-bond donors (Lipinski definition) is 3. The Kier molecular flexibility index (Phi) is 4.61. The van der Waals surface area contributed by atoms with E-state index < -0.39 is 0 Å². The van der Waals surface area contributed by atoms with Crippen molar-refractivity contribution in [3.8, 4) is 17.0 Å². The molecule has 0 aliphatic heterocycles. The normalized spacial score (nSPS) is 11.4. The summed E-state index contributed by atoms with van der Waals surface area (Å²) in [5, 5.41) is 13.9. The maximum absolute atomic E-state index is 11.9. The third-order valence-corrected chi connectivity index (χ3v) is 3.76. The van der Waals surface area contributed by atoms with Gasteiger partial charge in [-0.3, -0.25) is 9.78 Å². The summed E-state index contributed by atoms with van der Waals surface area (Å²) in [4.78, 5) is 18.9. The Hall–Kier alpha value is -3.41. The van der Waals surface area contributed by atoms with Gasteiger partial charge in [-0.2, -0.15) is 5.10 Å². The molecule has 0 bridgehead atoms. The third kappa shape index (κ3) is 3.92. The highest BCUT2D eigenvalue weighted by Gasteiger charge is 2.05. The molecular formula is C19H18N4O2. The molecule has 6 heteroatoms. The van der Waals surface area contributed by atoms with E-state index in [4.69, 9.17) is 0 Å². The van der Waals surface area contributed by atoms with Gasteiger partial charge in [-0.15, -0.1) is 0 Å². The number of aromatic hydroxyl groups is 1. The van der Waals surface area contributed by atoms with Crippen LogP contribution in [0, 0.1) is 6.92 Å². The first-order chi connectivity index (χ1) is 12.0. The van der Waals surface area contributed by atoms with Crippen molar-refractivity contribution in [1.82, 2.24) is 9.97 Å². The van der Waals surface area contributed by atoms with Crippen molar-refractivity contribution in [2.24, 2.45) is 5.10 Å². The average molecular weight is 334 g/mol. The number of aromatic nitrogens is 2. The lowest BCUT2D eigenvalue weighted by atomic mass is 10.1. The Labute approximate surface area is 144 Å². The van der Waals surface area contributed by atoms with Crippen LogP contribution < -0.4 is 11.0 Å². The van der Waals surface area contributed by atoms with Crippen molar-refractivity contribution in [2.75, 3.05) is 5.43 Å². The van der Waals surface area contributed by atoms with Crippen LogP contribution in [0.1, 0.15) is 18.1 Å². The summed E-state index contributed by atoms with van der Waals surface area (Å²) >= 11 is 0. The molecule has 0 spiro atoms. The van der Waals surface area contributed by atoms with Crippen molar-refractivity contribution in [2.45, 2.75) is 13.8 Å². The number of aromatic amines is 1. The molecular weight excluding hydrogens is 316 g/mol. The lowest BCUT2D eigenvalue weighted by Crippen LogP contribution is -2.11. The van der Waals surface area contributed by atoms with Gasteiger partial charge >= 0.3 is 0 Å². The van der Waals surface area contributed by atoms with Crippen molar-refractivity contribution in [1.29, 1.82) is 0 Å². The minimum absolute atomic E-state index is 0.242. The first-order valence-corrected chi connectivity index (χ1v) is 7.80. The zero-order valence-electron chi connectivity index (χ0n) is 13.9. The fraction of sp³-hybridized carbons (Fsp3) is 0.105. The maximum atomic E-state index is 11.9. The van der Waals surface area contributed by atoms with Crippen molar-refractivity contribution >= 4 is 11.7 Å². The molecule has 6 nitrogen and oxygen atoms in total. The molecule has 3 aromatic rings. The van der Waals surface area contributed by atoms with Crippen LogP contribution in [0.25, 0.3) is 11.3 Å². The number of anilines is 1. The topological polar surface area (TPSA) is 90.4 Å². The fourth-order valence-corrected chi connectivity index (χ4v) is 2.35. The number of benzene rings is 2. The van der Waals surface area contributed by atoms with Gasteiger partial charge < -0.3 is 5.11 Å². The van der Waals surface area contributed by atoms with E-state index in [1.807, 2.05) is 50.2 Å². The molecule has 25 heavy (non-hydrogen) atoms. The molecule has 0 unspecified atom stereocenters. The first-order valence-electron chi connectivity index (χ1n) is 7.80. The van der Waals surface area contributed by atoms with Gasteiger partial charge in [-0.05, 0) is 43.2 Å². The van der Waals surface area contributed by atoms with Gasteiger partial charge in [0.1, 0.15) is 5.75 Å². The number of nitrogens with one attached hydrogen (secondary N) is 2. The minimum Gasteiger partial charge on any atom is -0.508 e. The van der Waals surface area contributed by atoms with Crippen molar-refractivity contribution in [3.05, 3.63) is 76.1 Å². The predicted octanol–water partition coefficient (Wildman–Crippen LogP) is 3.29. The van der Waals surface area contributed by atoms with Crippen LogP contribution in [0.4, 0.5) is 5.95 Å². The molecule has 0 fully saturated rings. The van der Waals surface area contributed by atoms with Crippen molar-refractivity contribution in [3.63, 3.8) is 0 Å². The van der Waals surface area contributed by atoms with Gasteiger partial charge in [-0.25, -0.2) is 10.4 Å². The number of aryl methyl sites for hydroxylation is 1. The van der Waals surface area contributed by atoms with E-state index in [1.165, 1.54) is 6.07 Å². The van der Waals surface area contributed by atoms with Crippen LogP contribution >= 0.6 is 0 Å². The highest BCUT2D eigenvalue weighted by Crippen LogP contribution is 2.18.